The normalized spacial score (nSPS) is 21.7. The number of rotatable bonds is 3. The molecule has 88 valence electrons. The molecule has 1 fully saturated rings. The lowest BCUT2D eigenvalue weighted by Gasteiger charge is -2.37. The lowest BCUT2D eigenvalue weighted by molar-refractivity contribution is -0.126. The number of nitrogens with one attached hydrogen (secondary N) is 1. The highest BCUT2D eigenvalue weighted by molar-refractivity contribution is 5.80. The van der Waals surface area contributed by atoms with Crippen LogP contribution in [0, 0.1) is 0 Å². The van der Waals surface area contributed by atoms with E-state index in [0.717, 1.165) is 25.9 Å². The van der Waals surface area contributed by atoms with Gasteiger partial charge in [0, 0.05) is 19.1 Å². The van der Waals surface area contributed by atoms with Gasteiger partial charge >= 0.3 is 0 Å². The molecular weight excluding hydrogens is 192 g/mol. The van der Waals surface area contributed by atoms with Crippen LogP contribution in [0.2, 0.25) is 0 Å². The van der Waals surface area contributed by atoms with E-state index in [1.165, 1.54) is 0 Å². The molecule has 5 nitrogen and oxygen atoms in total. The van der Waals surface area contributed by atoms with E-state index in [1.807, 2.05) is 6.92 Å². The molecule has 1 rings (SSSR count). The van der Waals surface area contributed by atoms with E-state index in [4.69, 9.17) is 5.84 Å². The third-order valence-electron chi connectivity index (χ3n) is 3.30. The maximum absolute atomic E-state index is 11.3. The lowest BCUT2D eigenvalue weighted by atomic mass is 10.0. The molecular formula is C10H22N4O. The Hall–Kier alpha value is -0.650. The number of nitrogens with zero attached hydrogens (tertiary/aromatic N) is 2. The predicted octanol–water partition coefficient (Wildman–Crippen LogP) is -0.609. The number of carbonyl (C=O) groups is 1. The van der Waals surface area contributed by atoms with Crippen LogP contribution >= 0.6 is 0 Å². The molecule has 1 saturated heterocycles. The van der Waals surface area contributed by atoms with Crippen LogP contribution in [0.5, 0.6) is 0 Å². The first kappa shape index (κ1) is 12.4. The van der Waals surface area contributed by atoms with Crippen molar-refractivity contribution in [3.05, 3.63) is 0 Å². The Balaban J connectivity index is 2.40. The molecule has 1 unspecified atom stereocenters. The maximum atomic E-state index is 11.3. The van der Waals surface area contributed by atoms with Crippen molar-refractivity contribution in [2.75, 3.05) is 27.2 Å². The van der Waals surface area contributed by atoms with Crippen LogP contribution in [0.1, 0.15) is 19.8 Å². The summed E-state index contributed by atoms with van der Waals surface area (Å²) in [6.45, 7) is 3.84. The van der Waals surface area contributed by atoms with E-state index in [9.17, 15) is 4.79 Å². The number of nitrogens with two attached hydrogens (primary N) is 1. The third kappa shape index (κ3) is 3.15. The molecule has 1 atom stereocenters. The van der Waals surface area contributed by atoms with Gasteiger partial charge in [-0.25, -0.2) is 5.84 Å². The number of likely N-dealkylation sites (tertiary alicyclic amines) is 1. The van der Waals surface area contributed by atoms with Gasteiger partial charge in [0.15, 0.2) is 0 Å². The molecule has 3 N–H and O–H groups in total. The van der Waals surface area contributed by atoms with Crippen LogP contribution in [-0.4, -0.2) is 55.0 Å². The highest BCUT2D eigenvalue weighted by Gasteiger charge is 2.26. The maximum Gasteiger partial charge on any atom is 0.250 e. The van der Waals surface area contributed by atoms with Gasteiger partial charge in [-0.2, -0.15) is 0 Å². The van der Waals surface area contributed by atoms with Gasteiger partial charge in [0.05, 0.1) is 6.04 Å². The molecule has 1 heterocycles. The molecule has 0 saturated carbocycles. The highest BCUT2D eigenvalue weighted by Crippen LogP contribution is 2.16. The molecule has 0 aromatic carbocycles. The molecule has 1 amide bonds. The second-order valence-electron chi connectivity index (χ2n) is 4.42. The van der Waals surface area contributed by atoms with Crippen LogP contribution in [0.3, 0.4) is 0 Å². The summed E-state index contributed by atoms with van der Waals surface area (Å²) >= 11 is 0. The zero-order valence-electron chi connectivity index (χ0n) is 9.86. The first-order valence-corrected chi connectivity index (χ1v) is 5.47. The Morgan fingerprint density at radius 1 is 1.47 bits per heavy atom. The Kier molecular flexibility index (Phi) is 4.50. The molecule has 1 aliphatic heterocycles. The van der Waals surface area contributed by atoms with Crippen LogP contribution in [0.15, 0.2) is 0 Å². The summed E-state index contributed by atoms with van der Waals surface area (Å²) < 4.78 is 0. The van der Waals surface area contributed by atoms with Gasteiger partial charge in [-0.3, -0.25) is 15.1 Å². The molecule has 15 heavy (non-hydrogen) atoms. The average Bonchev–Trinajstić information content (AvgIpc) is 2.27. The quantitative estimate of drug-likeness (QED) is 0.374. The van der Waals surface area contributed by atoms with Crippen LogP contribution in [0.4, 0.5) is 0 Å². The van der Waals surface area contributed by atoms with Crippen molar-refractivity contribution >= 4 is 5.91 Å². The molecule has 0 aliphatic carbocycles. The van der Waals surface area contributed by atoms with Crippen molar-refractivity contribution in [2.45, 2.75) is 31.8 Å². The fourth-order valence-corrected chi connectivity index (χ4v) is 2.08. The van der Waals surface area contributed by atoms with Crippen molar-refractivity contribution in [3.8, 4) is 0 Å². The van der Waals surface area contributed by atoms with E-state index in [0.29, 0.717) is 6.04 Å². The summed E-state index contributed by atoms with van der Waals surface area (Å²) in [7, 11) is 4.21. The Labute approximate surface area is 91.6 Å². The minimum absolute atomic E-state index is 0.0988. The number of piperidine rings is 1. The van der Waals surface area contributed by atoms with Crippen molar-refractivity contribution in [2.24, 2.45) is 5.84 Å². The zero-order chi connectivity index (χ0) is 11.4. The minimum atomic E-state index is -0.113. The van der Waals surface area contributed by atoms with Crippen molar-refractivity contribution in [3.63, 3.8) is 0 Å². The summed E-state index contributed by atoms with van der Waals surface area (Å²) in [6.07, 6.45) is 2.24. The van der Waals surface area contributed by atoms with Crippen LogP contribution in [0.25, 0.3) is 0 Å². The van der Waals surface area contributed by atoms with Crippen molar-refractivity contribution in [1.82, 2.24) is 15.2 Å². The Morgan fingerprint density at radius 2 is 2.00 bits per heavy atom. The molecule has 0 spiro atoms. The highest BCUT2D eigenvalue weighted by atomic mass is 16.2. The first-order chi connectivity index (χ1) is 7.06. The topological polar surface area (TPSA) is 61.6 Å². The lowest BCUT2D eigenvalue weighted by Crippen LogP contribution is -2.52. The van der Waals surface area contributed by atoms with Crippen LogP contribution in [-0.2, 0) is 4.79 Å². The summed E-state index contributed by atoms with van der Waals surface area (Å²) in [5.74, 6) is 5.02. The smallest absolute Gasteiger partial charge is 0.250 e. The molecule has 5 heteroatoms. The van der Waals surface area contributed by atoms with E-state index >= 15 is 0 Å². The van der Waals surface area contributed by atoms with E-state index < -0.39 is 0 Å². The van der Waals surface area contributed by atoms with Gasteiger partial charge in [-0.1, -0.05) is 0 Å². The Morgan fingerprint density at radius 3 is 2.40 bits per heavy atom. The predicted molar refractivity (Wildman–Crippen MR) is 60.1 cm³/mol. The molecule has 0 aromatic heterocycles. The largest absolute Gasteiger partial charge is 0.306 e. The first-order valence-electron chi connectivity index (χ1n) is 5.47. The fourth-order valence-electron chi connectivity index (χ4n) is 2.08. The summed E-state index contributed by atoms with van der Waals surface area (Å²) in [6, 6.07) is 0.535. The second kappa shape index (κ2) is 5.44. The van der Waals surface area contributed by atoms with E-state index in [-0.39, 0.29) is 11.9 Å². The summed E-state index contributed by atoms with van der Waals surface area (Å²) in [5.41, 5.74) is 2.20. The number of hydrogen-bond donors (Lipinski definition) is 2. The van der Waals surface area contributed by atoms with Crippen molar-refractivity contribution in [1.29, 1.82) is 0 Å². The van der Waals surface area contributed by atoms with Gasteiger partial charge in [-0.15, -0.1) is 0 Å². The number of hydrazine groups is 1. The average molecular weight is 214 g/mol. The molecule has 0 aromatic rings. The fraction of sp³-hybridized carbons (Fsp3) is 0.900. The van der Waals surface area contributed by atoms with Gasteiger partial charge < -0.3 is 4.90 Å². The SMILES string of the molecule is CC(C(=O)NN)N1CCC(N(C)C)CC1. The third-order valence-corrected chi connectivity index (χ3v) is 3.30. The second-order valence-corrected chi connectivity index (χ2v) is 4.42. The van der Waals surface area contributed by atoms with Gasteiger partial charge in [-0.05, 0) is 33.9 Å². The standard InChI is InChI=1S/C10H22N4O/c1-8(10(15)12-11)14-6-4-9(5-7-14)13(2)3/h8-9H,4-7,11H2,1-3H3,(H,12,15). The van der Waals surface area contributed by atoms with Crippen LogP contribution < -0.4 is 11.3 Å². The summed E-state index contributed by atoms with van der Waals surface area (Å²) in [5, 5.41) is 0. The van der Waals surface area contributed by atoms with Gasteiger partial charge in [0.25, 0.3) is 5.91 Å². The summed E-state index contributed by atoms with van der Waals surface area (Å²) in [4.78, 5) is 15.8. The van der Waals surface area contributed by atoms with Gasteiger partial charge in [0.1, 0.15) is 0 Å². The number of carbonyl (C=O) groups excluding carboxylic acids is 1. The molecule has 0 bridgehead atoms. The Bertz CT molecular complexity index is 211. The van der Waals surface area contributed by atoms with E-state index in [1.54, 1.807) is 0 Å². The minimum Gasteiger partial charge on any atom is -0.306 e. The monoisotopic (exact) mass is 214 g/mol. The molecule has 1 aliphatic rings. The number of amides is 1. The van der Waals surface area contributed by atoms with Gasteiger partial charge in [0.2, 0.25) is 0 Å². The molecule has 0 radical (unpaired) electrons. The van der Waals surface area contributed by atoms with E-state index in [2.05, 4.69) is 29.3 Å². The zero-order valence-corrected chi connectivity index (χ0v) is 9.86. The van der Waals surface area contributed by atoms with Crippen molar-refractivity contribution < 1.29 is 4.79 Å². The number of hydrogen-bond acceptors (Lipinski definition) is 4.